The second-order valence-electron chi connectivity index (χ2n) is 6.49. The normalized spacial score (nSPS) is 14.4. The molecule has 0 amide bonds. The first-order chi connectivity index (χ1) is 11.8. The van der Waals surface area contributed by atoms with Crippen molar-refractivity contribution < 1.29 is 0 Å². The largest absolute Gasteiger partial charge is 0.384 e. The summed E-state index contributed by atoms with van der Waals surface area (Å²) in [6, 6.07) is 17.8. The first-order valence-electron chi connectivity index (χ1n) is 8.71. The Hall–Kier alpha value is -2.39. The van der Waals surface area contributed by atoms with Gasteiger partial charge in [-0.25, -0.2) is 0 Å². The van der Waals surface area contributed by atoms with E-state index in [9.17, 15) is 0 Å². The van der Waals surface area contributed by atoms with Crippen molar-refractivity contribution in [2.75, 3.05) is 25.5 Å². The molecule has 1 aliphatic rings. The number of anilines is 1. The Morgan fingerprint density at radius 3 is 2.92 bits per heavy atom. The number of fused-ring (bicyclic) bond motifs is 2. The van der Waals surface area contributed by atoms with E-state index < -0.39 is 0 Å². The van der Waals surface area contributed by atoms with Crippen LogP contribution < -0.4 is 10.6 Å². The number of rotatable bonds is 5. The van der Waals surface area contributed by atoms with Gasteiger partial charge in [0.2, 0.25) is 0 Å². The van der Waals surface area contributed by atoms with Gasteiger partial charge in [0.05, 0.1) is 5.52 Å². The van der Waals surface area contributed by atoms with Crippen molar-refractivity contribution in [1.29, 1.82) is 0 Å². The Kier molecular flexibility index (Phi) is 4.18. The fraction of sp³-hybridized carbons (Fsp3) is 0.286. The molecule has 1 aliphatic heterocycles. The first kappa shape index (κ1) is 15.2. The average Bonchev–Trinajstić information content (AvgIpc) is 3.10. The molecule has 0 saturated heterocycles. The number of hydrogen-bond donors (Lipinski definition) is 2. The van der Waals surface area contributed by atoms with Crippen LogP contribution in [0.15, 0.2) is 54.7 Å². The van der Waals surface area contributed by atoms with Gasteiger partial charge < -0.3 is 10.6 Å². The van der Waals surface area contributed by atoms with E-state index in [-0.39, 0.29) is 0 Å². The highest BCUT2D eigenvalue weighted by atomic mass is 14.9. The predicted octanol–water partition coefficient (Wildman–Crippen LogP) is 3.94. The van der Waals surface area contributed by atoms with E-state index in [1.165, 1.54) is 27.8 Å². The molecule has 0 spiro atoms. The van der Waals surface area contributed by atoms with E-state index in [1.807, 2.05) is 19.3 Å². The van der Waals surface area contributed by atoms with E-state index >= 15 is 0 Å². The van der Waals surface area contributed by atoms with Crippen molar-refractivity contribution in [2.24, 2.45) is 0 Å². The van der Waals surface area contributed by atoms with E-state index in [1.54, 1.807) is 0 Å². The Labute approximate surface area is 143 Å². The van der Waals surface area contributed by atoms with Crippen LogP contribution in [0.1, 0.15) is 29.0 Å². The van der Waals surface area contributed by atoms with Crippen LogP contribution in [0.3, 0.4) is 0 Å². The molecule has 0 saturated carbocycles. The third-order valence-electron chi connectivity index (χ3n) is 4.95. The first-order valence-corrected chi connectivity index (χ1v) is 8.71. The lowest BCUT2D eigenvalue weighted by Crippen LogP contribution is -2.13. The van der Waals surface area contributed by atoms with Gasteiger partial charge in [-0.2, -0.15) is 0 Å². The molecule has 0 bridgehead atoms. The predicted molar refractivity (Wildman–Crippen MR) is 101 cm³/mol. The standard InChI is InChI=1S/C21H23N3/c1-22-11-9-19(16-5-7-21-18(14-16)8-12-24-21)15-4-6-20-17(13-15)3-2-10-23-20/h2-7,10,13-14,19,22,24H,8-9,11-12H2,1H3. The second kappa shape index (κ2) is 6.62. The van der Waals surface area contributed by atoms with E-state index in [0.29, 0.717) is 5.92 Å². The zero-order valence-electron chi connectivity index (χ0n) is 14.0. The Morgan fingerprint density at radius 2 is 2.00 bits per heavy atom. The summed E-state index contributed by atoms with van der Waals surface area (Å²) in [6.07, 6.45) is 4.08. The molecular weight excluding hydrogens is 294 g/mol. The van der Waals surface area contributed by atoms with Crippen molar-refractivity contribution in [3.63, 3.8) is 0 Å². The van der Waals surface area contributed by atoms with Crippen molar-refractivity contribution in [3.05, 3.63) is 71.4 Å². The number of pyridine rings is 1. The third-order valence-corrected chi connectivity index (χ3v) is 4.95. The molecule has 1 unspecified atom stereocenters. The summed E-state index contributed by atoms with van der Waals surface area (Å²) >= 11 is 0. The molecule has 0 fully saturated rings. The average molecular weight is 317 g/mol. The number of hydrogen-bond acceptors (Lipinski definition) is 3. The lowest BCUT2D eigenvalue weighted by molar-refractivity contribution is 0.662. The van der Waals surface area contributed by atoms with Gasteiger partial charge in [0, 0.05) is 29.7 Å². The van der Waals surface area contributed by atoms with Crippen molar-refractivity contribution in [2.45, 2.75) is 18.8 Å². The van der Waals surface area contributed by atoms with Crippen LogP contribution in [0, 0.1) is 0 Å². The smallest absolute Gasteiger partial charge is 0.0702 e. The minimum atomic E-state index is 0.410. The van der Waals surface area contributed by atoms with Crippen molar-refractivity contribution in [1.82, 2.24) is 10.3 Å². The van der Waals surface area contributed by atoms with Gasteiger partial charge in [-0.15, -0.1) is 0 Å². The number of benzene rings is 2. The molecule has 3 aromatic rings. The van der Waals surface area contributed by atoms with Gasteiger partial charge in [0.1, 0.15) is 0 Å². The summed E-state index contributed by atoms with van der Waals surface area (Å²) in [6.45, 7) is 2.06. The molecule has 2 aromatic carbocycles. The van der Waals surface area contributed by atoms with Crippen molar-refractivity contribution in [3.8, 4) is 0 Å². The summed E-state index contributed by atoms with van der Waals surface area (Å²) in [5, 5.41) is 7.97. The molecule has 4 rings (SSSR count). The molecule has 24 heavy (non-hydrogen) atoms. The lowest BCUT2D eigenvalue weighted by Gasteiger charge is -2.19. The van der Waals surface area contributed by atoms with Crippen LogP contribution >= 0.6 is 0 Å². The van der Waals surface area contributed by atoms with E-state index in [4.69, 9.17) is 0 Å². The van der Waals surface area contributed by atoms with Gasteiger partial charge >= 0.3 is 0 Å². The maximum Gasteiger partial charge on any atom is 0.0702 e. The van der Waals surface area contributed by atoms with E-state index in [2.05, 4.69) is 58.1 Å². The van der Waals surface area contributed by atoms with Gasteiger partial charge in [0.25, 0.3) is 0 Å². The van der Waals surface area contributed by atoms with Gasteiger partial charge in [-0.3, -0.25) is 4.98 Å². The molecule has 122 valence electrons. The van der Waals surface area contributed by atoms with Crippen LogP contribution in [0.5, 0.6) is 0 Å². The number of nitrogens with zero attached hydrogens (tertiary/aromatic N) is 1. The summed E-state index contributed by atoms with van der Waals surface area (Å²) < 4.78 is 0. The number of aromatic nitrogens is 1. The van der Waals surface area contributed by atoms with Crippen molar-refractivity contribution >= 4 is 16.6 Å². The molecule has 3 heteroatoms. The highest BCUT2D eigenvalue weighted by Gasteiger charge is 2.18. The molecule has 2 N–H and O–H groups in total. The van der Waals surface area contributed by atoms with Crippen LogP contribution in [-0.2, 0) is 6.42 Å². The van der Waals surface area contributed by atoms with Crippen LogP contribution in [0.4, 0.5) is 5.69 Å². The minimum Gasteiger partial charge on any atom is -0.384 e. The summed E-state index contributed by atoms with van der Waals surface area (Å²) in [4.78, 5) is 4.44. The molecule has 0 aliphatic carbocycles. The zero-order chi connectivity index (χ0) is 16.4. The molecule has 1 aromatic heterocycles. The van der Waals surface area contributed by atoms with Gasteiger partial charge in [0.15, 0.2) is 0 Å². The monoisotopic (exact) mass is 317 g/mol. The SMILES string of the molecule is CNCCC(c1ccc2c(c1)CCN2)c1ccc2ncccc2c1. The Bertz CT molecular complexity index is 857. The molecular formula is C21H23N3. The highest BCUT2D eigenvalue weighted by Crippen LogP contribution is 2.33. The highest BCUT2D eigenvalue weighted by molar-refractivity contribution is 5.79. The van der Waals surface area contributed by atoms with Gasteiger partial charge in [-0.1, -0.05) is 24.3 Å². The van der Waals surface area contributed by atoms with E-state index in [0.717, 1.165) is 31.4 Å². The third kappa shape index (κ3) is 2.87. The van der Waals surface area contributed by atoms with Gasteiger partial charge in [-0.05, 0) is 67.4 Å². The maximum absolute atomic E-state index is 4.44. The Morgan fingerprint density at radius 1 is 1.12 bits per heavy atom. The lowest BCUT2D eigenvalue weighted by atomic mass is 9.86. The minimum absolute atomic E-state index is 0.410. The summed E-state index contributed by atoms with van der Waals surface area (Å²) in [5.41, 5.74) is 6.60. The molecule has 2 heterocycles. The fourth-order valence-corrected chi connectivity index (χ4v) is 3.67. The molecule has 1 atom stereocenters. The zero-order valence-corrected chi connectivity index (χ0v) is 14.0. The topological polar surface area (TPSA) is 37.0 Å². The van der Waals surface area contributed by atoms with Crippen LogP contribution in [0.2, 0.25) is 0 Å². The Balaban J connectivity index is 1.74. The number of nitrogens with one attached hydrogen (secondary N) is 2. The molecule has 0 radical (unpaired) electrons. The summed E-state index contributed by atoms with van der Waals surface area (Å²) in [7, 11) is 2.02. The summed E-state index contributed by atoms with van der Waals surface area (Å²) in [5.74, 6) is 0.410. The van der Waals surface area contributed by atoms with Crippen LogP contribution in [0.25, 0.3) is 10.9 Å². The maximum atomic E-state index is 4.44. The second-order valence-corrected chi connectivity index (χ2v) is 6.49. The quantitative estimate of drug-likeness (QED) is 0.748. The fourth-order valence-electron chi connectivity index (χ4n) is 3.67. The molecule has 3 nitrogen and oxygen atoms in total. The van der Waals surface area contributed by atoms with Crippen LogP contribution in [-0.4, -0.2) is 25.1 Å².